The van der Waals surface area contributed by atoms with Crippen LogP contribution in [-0.2, 0) is 14.6 Å². The smallest absolute Gasteiger partial charge is 0.263 e. The Bertz CT molecular complexity index is 821. The van der Waals surface area contributed by atoms with Crippen LogP contribution in [0.3, 0.4) is 0 Å². The summed E-state index contributed by atoms with van der Waals surface area (Å²) in [5, 5.41) is -0.567. The van der Waals surface area contributed by atoms with E-state index in [4.69, 9.17) is 4.74 Å². The van der Waals surface area contributed by atoms with E-state index in [0.29, 0.717) is 23.6 Å². The molecule has 1 aliphatic rings. The third-order valence-corrected chi connectivity index (χ3v) is 6.56. The molecule has 132 valence electrons. The fourth-order valence-corrected chi connectivity index (χ4v) is 4.71. The minimum Gasteiger partial charge on any atom is -0.481 e. The van der Waals surface area contributed by atoms with Crippen LogP contribution in [0.25, 0.3) is 0 Å². The Labute approximate surface area is 148 Å². The van der Waals surface area contributed by atoms with E-state index >= 15 is 0 Å². The number of amides is 1. The van der Waals surface area contributed by atoms with Gasteiger partial charge in [0.25, 0.3) is 5.91 Å². The predicted molar refractivity (Wildman–Crippen MR) is 95.1 cm³/mol. The van der Waals surface area contributed by atoms with Crippen molar-refractivity contribution in [2.24, 2.45) is 0 Å². The first-order valence-corrected chi connectivity index (χ1v) is 9.82. The molecule has 0 N–H and O–H groups in total. The second-order valence-corrected chi connectivity index (χ2v) is 8.35. The highest BCUT2D eigenvalue weighted by Crippen LogP contribution is 2.24. The zero-order valence-corrected chi connectivity index (χ0v) is 14.9. The number of hydrogen-bond donors (Lipinski definition) is 0. The number of para-hydroxylation sites is 1. The van der Waals surface area contributed by atoms with E-state index < -0.39 is 21.2 Å². The standard InChI is InChI=1S/C19H21NO4S/c1-15(24-16-8-4-2-5-9-16)19(21)20-13-12-18(14-20)25(22,23)17-10-6-3-7-11-17/h2-11,15,18H,12-14H2,1H3. The molecule has 25 heavy (non-hydrogen) atoms. The molecule has 1 saturated heterocycles. The second kappa shape index (κ2) is 7.27. The fourth-order valence-electron chi connectivity index (χ4n) is 2.99. The molecular weight excluding hydrogens is 338 g/mol. The van der Waals surface area contributed by atoms with Gasteiger partial charge in [0.1, 0.15) is 5.75 Å². The van der Waals surface area contributed by atoms with Crippen molar-refractivity contribution in [2.75, 3.05) is 13.1 Å². The number of benzene rings is 2. The minimum atomic E-state index is -3.42. The maximum Gasteiger partial charge on any atom is 0.263 e. The van der Waals surface area contributed by atoms with Crippen molar-refractivity contribution in [3.63, 3.8) is 0 Å². The van der Waals surface area contributed by atoms with E-state index in [2.05, 4.69) is 0 Å². The number of carbonyl (C=O) groups is 1. The Morgan fingerprint density at radius 2 is 1.68 bits per heavy atom. The van der Waals surface area contributed by atoms with Gasteiger partial charge >= 0.3 is 0 Å². The summed E-state index contributed by atoms with van der Waals surface area (Å²) in [5.41, 5.74) is 0. The summed E-state index contributed by atoms with van der Waals surface area (Å²) >= 11 is 0. The molecule has 1 aliphatic heterocycles. The summed E-state index contributed by atoms with van der Waals surface area (Å²) in [5.74, 6) is 0.436. The molecule has 5 nitrogen and oxygen atoms in total. The van der Waals surface area contributed by atoms with E-state index in [-0.39, 0.29) is 12.5 Å². The minimum absolute atomic E-state index is 0.186. The molecule has 1 heterocycles. The molecule has 0 radical (unpaired) electrons. The van der Waals surface area contributed by atoms with Crippen molar-refractivity contribution in [1.82, 2.24) is 4.90 Å². The largest absolute Gasteiger partial charge is 0.481 e. The Morgan fingerprint density at radius 1 is 1.08 bits per heavy atom. The first-order chi connectivity index (χ1) is 12.0. The number of likely N-dealkylation sites (tertiary alicyclic amines) is 1. The van der Waals surface area contributed by atoms with Crippen LogP contribution in [-0.4, -0.2) is 43.7 Å². The summed E-state index contributed by atoms with van der Waals surface area (Å²) in [6.07, 6.45) is -0.207. The van der Waals surface area contributed by atoms with Gasteiger partial charge in [0.05, 0.1) is 10.1 Å². The van der Waals surface area contributed by atoms with E-state index in [9.17, 15) is 13.2 Å². The highest BCUT2D eigenvalue weighted by molar-refractivity contribution is 7.92. The monoisotopic (exact) mass is 359 g/mol. The summed E-state index contributed by atoms with van der Waals surface area (Å²) in [6, 6.07) is 17.5. The molecule has 0 aliphatic carbocycles. The summed E-state index contributed by atoms with van der Waals surface area (Å²) in [4.78, 5) is 14.5. The van der Waals surface area contributed by atoms with E-state index in [0.717, 1.165) is 0 Å². The number of sulfone groups is 1. The van der Waals surface area contributed by atoms with Crippen LogP contribution in [0.1, 0.15) is 13.3 Å². The first-order valence-electron chi connectivity index (χ1n) is 8.28. The SMILES string of the molecule is CC(Oc1ccccc1)C(=O)N1CCC(S(=O)(=O)c2ccccc2)C1. The lowest BCUT2D eigenvalue weighted by atomic mass is 10.3. The van der Waals surface area contributed by atoms with Crippen LogP contribution < -0.4 is 4.74 Å². The van der Waals surface area contributed by atoms with Crippen molar-refractivity contribution < 1.29 is 17.9 Å². The lowest BCUT2D eigenvalue weighted by Gasteiger charge is -2.22. The maximum atomic E-state index is 12.7. The molecule has 0 saturated carbocycles. The number of rotatable bonds is 5. The molecule has 1 amide bonds. The Hall–Kier alpha value is -2.34. The van der Waals surface area contributed by atoms with Gasteiger partial charge in [-0.05, 0) is 37.6 Å². The van der Waals surface area contributed by atoms with Gasteiger partial charge in [0.15, 0.2) is 15.9 Å². The van der Waals surface area contributed by atoms with E-state index in [1.807, 2.05) is 18.2 Å². The highest BCUT2D eigenvalue weighted by Gasteiger charge is 2.37. The van der Waals surface area contributed by atoms with Gasteiger partial charge in [0, 0.05) is 13.1 Å². The van der Waals surface area contributed by atoms with Crippen LogP contribution in [0, 0.1) is 0 Å². The normalized spacial score (nSPS) is 18.8. The molecular formula is C19H21NO4S. The van der Waals surface area contributed by atoms with Gasteiger partial charge in [-0.2, -0.15) is 0 Å². The zero-order valence-electron chi connectivity index (χ0n) is 14.0. The van der Waals surface area contributed by atoms with Gasteiger partial charge < -0.3 is 9.64 Å². The molecule has 3 rings (SSSR count). The first kappa shape index (κ1) is 17.5. The number of nitrogens with zero attached hydrogens (tertiary/aromatic N) is 1. The second-order valence-electron chi connectivity index (χ2n) is 6.13. The lowest BCUT2D eigenvalue weighted by Crippen LogP contribution is -2.40. The van der Waals surface area contributed by atoms with Crippen molar-refractivity contribution in [2.45, 2.75) is 29.6 Å². The Morgan fingerprint density at radius 3 is 2.32 bits per heavy atom. The summed E-state index contributed by atoms with van der Waals surface area (Å²) < 4.78 is 31.0. The van der Waals surface area contributed by atoms with Crippen molar-refractivity contribution in [3.05, 3.63) is 60.7 Å². The van der Waals surface area contributed by atoms with Crippen molar-refractivity contribution in [1.29, 1.82) is 0 Å². The molecule has 2 unspecified atom stereocenters. The zero-order chi connectivity index (χ0) is 17.9. The third-order valence-electron chi connectivity index (χ3n) is 4.37. The van der Waals surface area contributed by atoms with Gasteiger partial charge in [0.2, 0.25) is 0 Å². The molecule has 2 aromatic rings. The summed E-state index contributed by atoms with van der Waals surface area (Å²) in [7, 11) is -3.42. The molecule has 1 fully saturated rings. The average Bonchev–Trinajstić information content (AvgIpc) is 3.13. The average molecular weight is 359 g/mol. The predicted octanol–water partition coefficient (Wildman–Crippen LogP) is 2.53. The van der Waals surface area contributed by atoms with E-state index in [1.165, 1.54) is 0 Å². The number of hydrogen-bond acceptors (Lipinski definition) is 4. The molecule has 6 heteroatoms. The van der Waals surface area contributed by atoms with Gasteiger partial charge in [-0.1, -0.05) is 36.4 Å². The van der Waals surface area contributed by atoms with Gasteiger partial charge in [-0.15, -0.1) is 0 Å². The Balaban J connectivity index is 1.65. The number of carbonyl (C=O) groups excluding carboxylic acids is 1. The van der Waals surface area contributed by atoms with Crippen LogP contribution in [0.5, 0.6) is 5.75 Å². The quantitative estimate of drug-likeness (QED) is 0.823. The van der Waals surface area contributed by atoms with Gasteiger partial charge in [-0.25, -0.2) is 8.42 Å². The highest BCUT2D eigenvalue weighted by atomic mass is 32.2. The number of ether oxygens (including phenoxy) is 1. The van der Waals surface area contributed by atoms with Gasteiger partial charge in [-0.3, -0.25) is 4.79 Å². The maximum absolute atomic E-state index is 12.7. The molecule has 2 aromatic carbocycles. The van der Waals surface area contributed by atoms with Crippen LogP contribution in [0.15, 0.2) is 65.6 Å². The molecule has 0 bridgehead atoms. The van der Waals surface area contributed by atoms with Crippen LogP contribution in [0.4, 0.5) is 0 Å². The molecule has 0 spiro atoms. The van der Waals surface area contributed by atoms with Crippen LogP contribution >= 0.6 is 0 Å². The topological polar surface area (TPSA) is 63.7 Å². The van der Waals surface area contributed by atoms with Crippen molar-refractivity contribution >= 4 is 15.7 Å². The molecule has 0 aromatic heterocycles. The van der Waals surface area contributed by atoms with E-state index in [1.54, 1.807) is 54.3 Å². The van der Waals surface area contributed by atoms with Crippen LogP contribution in [0.2, 0.25) is 0 Å². The summed E-state index contributed by atoms with van der Waals surface area (Å²) in [6.45, 7) is 2.32. The Kier molecular flexibility index (Phi) is 5.08. The third kappa shape index (κ3) is 3.85. The fraction of sp³-hybridized carbons (Fsp3) is 0.316. The molecule has 2 atom stereocenters. The lowest BCUT2D eigenvalue weighted by molar-refractivity contribution is -0.136. The van der Waals surface area contributed by atoms with Crippen molar-refractivity contribution in [3.8, 4) is 5.75 Å².